The molecule has 0 aliphatic heterocycles. The molecule has 2 aromatic carbocycles. The molecule has 0 spiro atoms. The third-order valence-electron chi connectivity index (χ3n) is 7.68. The summed E-state index contributed by atoms with van der Waals surface area (Å²) in [5.41, 5.74) is 2.51. The van der Waals surface area contributed by atoms with Crippen LogP contribution in [0.25, 0.3) is 0 Å². The highest BCUT2D eigenvalue weighted by atomic mass is 35.5. The van der Waals surface area contributed by atoms with Gasteiger partial charge in [-0.2, -0.15) is 0 Å². The number of anilines is 2. The van der Waals surface area contributed by atoms with Crippen molar-refractivity contribution in [1.29, 1.82) is 0 Å². The van der Waals surface area contributed by atoms with Crippen LogP contribution in [0.5, 0.6) is 0 Å². The second kappa shape index (κ2) is 8.47. The molecule has 33 heavy (non-hydrogen) atoms. The number of hydrogen-bond donors (Lipinski definition) is 1. The van der Waals surface area contributed by atoms with Gasteiger partial charge in [-0.15, -0.1) is 0 Å². The van der Waals surface area contributed by atoms with Crippen LogP contribution in [0.4, 0.5) is 11.4 Å². The number of carbonyl (C=O) groups is 1. The Morgan fingerprint density at radius 3 is 2.12 bits per heavy atom. The number of amides is 1. The molecule has 0 heterocycles. The van der Waals surface area contributed by atoms with Crippen molar-refractivity contribution in [1.82, 2.24) is 0 Å². The van der Waals surface area contributed by atoms with Gasteiger partial charge in [-0.3, -0.25) is 9.10 Å². The Kier molecular flexibility index (Phi) is 5.91. The minimum atomic E-state index is -3.75. The Bertz CT molecular complexity index is 1150. The van der Waals surface area contributed by atoms with Crippen LogP contribution < -0.4 is 9.62 Å². The van der Waals surface area contributed by atoms with Crippen molar-refractivity contribution in [3.8, 4) is 0 Å². The largest absolute Gasteiger partial charge is 0.325 e. The Balaban J connectivity index is 1.30. The summed E-state index contributed by atoms with van der Waals surface area (Å²) in [7, 11) is -3.75. The standard InChI is InChI=1S/C25H28Cl2N2O3S/c1-33(31,32)29(23-11-20(26)4-7-22(23)27)15-24(30)28-21-5-2-19(3-6-21)25-12-16-8-17(13-25)10-18(9-16)14-25/h2-7,11,16-18H,8-10,12-15H2,1H3,(H,28,30). The number of hydrogen-bond acceptors (Lipinski definition) is 3. The van der Waals surface area contributed by atoms with Crippen molar-refractivity contribution < 1.29 is 13.2 Å². The molecule has 6 rings (SSSR count). The third-order valence-corrected chi connectivity index (χ3v) is 9.36. The van der Waals surface area contributed by atoms with Crippen molar-refractivity contribution in [2.75, 3.05) is 22.4 Å². The van der Waals surface area contributed by atoms with E-state index in [2.05, 4.69) is 17.4 Å². The minimum absolute atomic E-state index is 0.180. The zero-order valence-corrected chi connectivity index (χ0v) is 20.9. The second-order valence-corrected chi connectivity index (χ2v) is 12.9. The van der Waals surface area contributed by atoms with Gasteiger partial charge in [-0.05, 0) is 97.6 Å². The first-order chi connectivity index (χ1) is 15.6. The van der Waals surface area contributed by atoms with Gasteiger partial charge in [0.05, 0.1) is 17.0 Å². The highest BCUT2D eigenvalue weighted by Gasteiger charge is 2.51. The number of carbonyl (C=O) groups excluding carboxylic acids is 1. The second-order valence-electron chi connectivity index (χ2n) is 10.2. The maximum Gasteiger partial charge on any atom is 0.245 e. The van der Waals surface area contributed by atoms with Crippen LogP contribution in [-0.2, 0) is 20.2 Å². The van der Waals surface area contributed by atoms with Crippen LogP contribution in [0, 0.1) is 17.8 Å². The summed E-state index contributed by atoms with van der Waals surface area (Å²) in [6.45, 7) is -0.393. The Morgan fingerprint density at radius 1 is 1.00 bits per heavy atom. The number of rotatable bonds is 6. The van der Waals surface area contributed by atoms with Crippen LogP contribution in [0.2, 0.25) is 10.0 Å². The fourth-order valence-corrected chi connectivity index (χ4v) is 8.06. The van der Waals surface area contributed by atoms with Crippen molar-refractivity contribution in [3.05, 3.63) is 58.1 Å². The molecule has 0 unspecified atom stereocenters. The third kappa shape index (κ3) is 4.62. The summed E-state index contributed by atoms with van der Waals surface area (Å²) in [6, 6.07) is 12.7. The first-order valence-electron chi connectivity index (χ1n) is 11.4. The van der Waals surface area contributed by atoms with E-state index in [1.54, 1.807) is 6.07 Å². The Labute approximate surface area is 205 Å². The van der Waals surface area contributed by atoms with Crippen molar-refractivity contribution in [2.45, 2.75) is 43.9 Å². The molecular formula is C25H28Cl2N2O3S. The molecule has 5 nitrogen and oxygen atoms in total. The zero-order chi connectivity index (χ0) is 23.4. The molecule has 4 bridgehead atoms. The fourth-order valence-electron chi connectivity index (χ4n) is 6.76. The average Bonchev–Trinajstić information content (AvgIpc) is 2.73. The summed E-state index contributed by atoms with van der Waals surface area (Å²) < 4.78 is 25.7. The van der Waals surface area contributed by atoms with Gasteiger partial charge in [-0.25, -0.2) is 8.42 Å². The van der Waals surface area contributed by atoms with Crippen LogP contribution in [0.3, 0.4) is 0 Å². The summed E-state index contributed by atoms with van der Waals surface area (Å²) in [5.74, 6) is 2.17. The lowest BCUT2D eigenvalue weighted by atomic mass is 9.48. The zero-order valence-electron chi connectivity index (χ0n) is 18.6. The van der Waals surface area contributed by atoms with Crippen molar-refractivity contribution >= 4 is 50.5 Å². The summed E-state index contributed by atoms with van der Waals surface area (Å²) in [6.07, 6.45) is 9.11. The molecule has 0 atom stereocenters. The maximum absolute atomic E-state index is 12.8. The van der Waals surface area contributed by atoms with Gasteiger partial charge < -0.3 is 5.32 Å². The van der Waals surface area contributed by atoms with Crippen LogP contribution in [0.1, 0.15) is 44.1 Å². The highest BCUT2D eigenvalue weighted by Crippen LogP contribution is 2.60. The van der Waals surface area contributed by atoms with Gasteiger partial charge in [0.1, 0.15) is 6.54 Å². The normalized spacial score (nSPS) is 28.0. The van der Waals surface area contributed by atoms with E-state index in [-0.39, 0.29) is 10.7 Å². The predicted molar refractivity (Wildman–Crippen MR) is 134 cm³/mol. The average molecular weight is 507 g/mol. The van der Waals surface area contributed by atoms with Crippen LogP contribution in [-0.4, -0.2) is 27.1 Å². The van der Waals surface area contributed by atoms with Crippen LogP contribution >= 0.6 is 23.2 Å². The fraction of sp³-hybridized carbons (Fsp3) is 0.480. The van der Waals surface area contributed by atoms with Crippen molar-refractivity contribution in [3.63, 3.8) is 0 Å². The van der Waals surface area contributed by atoms with E-state index >= 15 is 0 Å². The van der Waals surface area contributed by atoms with E-state index in [1.165, 1.54) is 56.2 Å². The SMILES string of the molecule is CS(=O)(=O)N(CC(=O)Nc1ccc(C23CC4CC(CC(C4)C2)C3)cc1)c1cc(Cl)ccc1Cl. The Hall–Kier alpha value is -1.76. The molecule has 0 saturated heterocycles. The predicted octanol–water partition coefficient (Wildman–Crippen LogP) is 5.87. The first kappa shape index (κ1) is 23.0. The van der Waals surface area contributed by atoms with E-state index in [9.17, 15) is 13.2 Å². The topological polar surface area (TPSA) is 66.5 Å². The van der Waals surface area contributed by atoms with Gasteiger partial charge in [0.25, 0.3) is 0 Å². The van der Waals surface area contributed by atoms with E-state index < -0.39 is 22.5 Å². The Morgan fingerprint density at radius 2 is 1.58 bits per heavy atom. The monoisotopic (exact) mass is 506 g/mol. The number of sulfonamides is 1. The molecule has 1 N–H and O–H groups in total. The number of nitrogens with zero attached hydrogens (tertiary/aromatic N) is 1. The maximum atomic E-state index is 12.8. The highest BCUT2D eigenvalue weighted by molar-refractivity contribution is 7.92. The molecule has 4 saturated carbocycles. The lowest BCUT2D eigenvalue weighted by Crippen LogP contribution is -2.48. The van der Waals surface area contributed by atoms with E-state index in [4.69, 9.17) is 23.2 Å². The number of halogens is 2. The lowest BCUT2D eigenvalue weighted by molar-refractivity contribution is -0.114. The number of nitrogens with one attached hydrogen (secondary N) is 1. The molecule has 8 heteroatoms. The molecule has 4 aliphatic carbocycles. The molecule has 1 amide bonds. The molecule has 0 radical (unpaired) electrons. The van der Waals surface area contributed by atoms with E-state index in [0.29, 0.717) is 16.1 Å². The van der Waals surface area contributed by atoms with Gasteiger partial charge in [0.15, 0.2) is 0 Å². The molecular weight excluding hydrogens is 479 g/mol. The number of benzene rings is 2. The van der Waals surface area contributed by atoms with E-state index in [1.807, 2.05) is 12.1 Å². The summed E-state index contributed by atoms with van der Waals surface area (Å²) >= 11 is 12.2. The van der Waals surface area contributed by atoms with E-state index in [0.717, 1.165) is 28.3 Å². The van der Waals surface area contributed by atoms with Gasteiger partial charge in [0.2, 0.25) is 15.9 Å². The lowest BCUT2D eigenvalue weighted by Gasteiger charge is -2.57. The quantitative estimate of drug-likeness (QED) is 0.532. The minimum Gasteiger partial charge on any atom is -0.325 e. The summed E-state index contributed by atoms with van der Waals surface area (Å²) in [4.78, 5) is 12.8. The molecule has 4 aliphatic rings. The van der Waals surface area contributed by atoms with Gasteiger partial charge >= 0.3 is 0 Å². The van der Waals surface area contributed by atoms with Gasteiger partial charge in [-0.1, -0.05) is 35.3 Å². The molecule has 176 valence electrons. The molecule has 4 fully saturated rings. The van der Waals surface area contributed by atoms with Crippen LogP contribution in [0.15, 0.2) is 42.5 Å². The smallest absolute Gasteiger partial charge is 0.245 e. The first-order valence-corrected chi connectivity index (χ1v) is 14.0. The molecule has 0 aromatic heterocycles. The van der Waals surface area contributed by atoms with Gasteiger partial charge in [0, 0.05) is 10.7 Å². The molecule has 2 aromatic rings. The van der Waals surface area contributed by atoms with Crippen molar-refractivity contribution in [2.24, 2.45) is 17.8 Å². The summed E-state index contributed by atoms with van der Waals surface area (Å²) in [5, 5.41) is 3.37.